The molecule has 0 N–H and O–H groups in total. The van der Waals surface area contributed by atoms with Gasteiger partial charge in [-0.1, -0.05) is 55.4 Å². The second-order valence-corrected chi connectivity index (χ2v) is 9.13. The first-order chi connectivity index (χ1) is 12.5. The van der Waals surface area contributed by atoms with Crippen LogP contribution < -0.4 is 0 Å². The molecule has 0 amide bonds. The topological polar surface area (TPSA) is 61.8 Å². The fourth-order valence-corrected chi connectivity index (χ4v) is 2.98. The summed E-state index contributed by atoms with van der Waals surface area (Å²) in [6.45, 7) is 17.5. The zero-order valence-electron chi connectivity index (χ0n) is 18.7. The quantitative estimate of drug-likeness (QED) is 0.404. The first-order valence-electron chi connectivity index (χ1n) is 10.4. The second kappa shape index (κ2) is 14.0. The van der Waals surface area contributed by atoms with Gasteiger partial charge in [0.05, 0.1) is 13.2 Å². The van der Waals surface area contributed by atoms with E-state index in [9.17, 15) is 9.59 Å². The van der Waals surface area contributed by atoms with Crippen LogP contribution in [0.15, 0.2) is 0 Å². The van der Waals surface area contributed by atoms with Crippen LogP contribution in [0, 0.1) is 35.5 Å². The molecule has 0 aromatic rings. The van der Waals surface area contributed by atoms with E-state index in [0.717, 1.165) is 12.8 Å². The summed E-state index contributed by atoms with van der Waals surface area (Å²) in [5.41, 5.74) is 0. The lowest BCUT2D eigenvalue weighted by atomic mass is 9.88. The molecule has 5 nitrogen and oxygen atoms in total. The van der Waals surface area contributed by atoms with Gasteiger partial charge >= 0.3 is 11.9 Å². The van der Waals surface area contributed by atoms with Crippen molar-refractivity contribution in [1.82, 2.24) is 0 Å². The molecule has 160 valence electrons. The van der Waals surface area contributed by atoms with Crippen molar-refractivity contribution < 1.29 is 23.8 Å². The number of carbonyl (C=O) groups excluding carboxylic acids is 2. The Bertz CT molecular complexity index is 377. The summed E-state index contributed by atoms with van der Waals surface area (Å²) in [5, 5.41) is 0. The van der Waals surface area contributed by atoms with Crippen molar-refractivity contribution in [2.24, 2.45) is 35.5 Å². The molecule has 0 spiro atoms. The molecule has 0 radical (unpaired) electrons. The molecule has 2 atom stereocenters. The maximum atomic E-state index is 11.8. The number of rotatable bonds is 14. The summed E-state index contributed by atoms with van der Waals surface area (Å²) in [6.07, 6.45) is 2.04. The summed E-state index contributed by atoms with van der Waals surface area (Å²) >= 11 is 0. The van der Waals surface area contributed by atoms with Crippen molar-refractivity contribution >= 4 is 11.9 Å². The third kappa shape index (κ3) is 13.7. The predicted octanol–water partition coefficient (Wildman–Crippen LogP) is 4.73. The number of carbonyl (C=O) groups is 2. The van der Waals surface area contributed by atoms with Gasteiger partial charge < -0.3 is 14.2 Å². The lowest BCUT2D eigenvalue weighted by Gasteiger charge is -2.22. The molecule has 0 heterocycles. The minimum Gasteiger partial charge on any atom is -0.464 e. The molecular formula is C22H42O5. The van der Waals surface area contributed by atoms with Crippen LogP contribution in [0.25, 0.3) is 0 Å². The average Bonchev–Trinajstić information content (AvgIpc) is 2.54. The molecule has 5 heteroatoms. The number of hydrogen-bond donors (Lipinski definition) is 0. The standard InChI is InChI=1S/C22H42O5/c1-15(2)9-19(17(5)6)11-26-21(23)13-25-14-22(24)27-12-20(18(7)8)10-16(3)4/h15-20H,9-14H2,1-8H3. The van der Waals surface area contributed by atoms with E-state index in [2.05, 4.69) is 55.4 Å². The Morgan fingerprint density at radius 3 is 1.22 bits per heavy atom. The minimum absolute atomic E-state index is 0.221. The third-order valence-corrected chi connectivity index (χ3v) is 4.79. The van der Waals surface area contributed by atoms with E-state index in [0.29, 0.717) is 48.7 Å². The van der Waals surface area contributed by atoms with Gasteiger partial charge in [-0.15, -0.1) is 0 Å². The summed E-state index contributed by atoms with van der Waals surface area (Å²) in [6, 6.07) is 0. The maximum absolute atomic E-state index is 11.8. The Hall–Kier alpha value is -1.10. The first-order valence-corrected chi connectivity index (χ1v) is 10.4. The van der Waals surface area contributed by atoms with Gasteiger partial charge in [0.25, 0.3) is 0 Å². The molecule has 0 bridgehead atoms. The Balaban J connectivity index is 4.06. The van der Waals surface area contributed by atoms with Crippen molar-refractivity contribution in [3.63, 3.8) is 0 Å². The van der Waals surface area contributed by atoms with Crippen LogP contribution in [0.2, 0.25) is 0 Å². The van der Waals surface area contributed by atoms with E-state index in [4.69, 9.17) is 14.2 Å². The van der Waals surface area contributed by atoms with Crippen LogP contribution in [-0.4, -0.2) is 38.4 Å². The van der Waals surface area contributed by atoms with E-state index >= 15 is 0 Å². The third-order valence-electron chi connectivity index (χ3n) is 4.79. The van der Waals surface area contributed by atoms with Gasteiger partial charge in [-0.3, -0.25) is 0 Å². The van der Waals surface area contributed by atoms with Crippen LogP contribution in [0.4, 0.5) is 0 Å². The molecule has 0 rings (SSSR count). The van der Waals surface area contributed by atoms with Gasteiger partial charge in [-0.2, -0.15) is 0 Å². The van der Waals surface area contributed by atoms with Crippen molar-refractivity contribution in [1.29, 1.82) is 0 Å². The zero-order valence-corrected chi connectivity index (χ0v) is 18.7. The van der Waals surface area contributed by atoms with Gasteiger partial charge in [0, 0.05) is 0 Å². The molecule has 0 fully saturated rings. The van der Waals surface area contributed by atoms with E-state index in [1.54, 1.807) is 0 Å². The second-order valence-electron chi connectivity index (χ2n) is 9.13. The normalized spacial score (nSPS) is 14.1. The van der Waals surface area contributed by atoms with E-state index < -0.39 is 11.9 Å². The smallest absolute Gasteiger partial charge is 0.332 e. The molecule has 0 aliphatic carbocycles. The highest BCUT2D eigenvalue weighted by molar-refractivity contribution is 5.73. The molecule has 0 aliphatic heterocycles. The first kappa shape index (κ1) is 25.9. The summed E-state index contributed by atoms with van der Waals surface area (Å²) in [4.78, 5) is 23.6. The summed E-state index contributed by atoms with van der Waals surface area (Å²) < 4.78 is 15.8. The number of ether oxygens (including phenoxy) is 3. The predicted molar refractivity (Wildman–Crippen MR) is 108 cm³/mol. The highest BCUT2D eigenvalue weighted by Crippen LogP contribution is 2.21. The largest absolute Gasteiger partial charge is 0.464 e. The lowest BCUT2D eigenvalue weighted by Crippen LogP contribution is -2.25. The van der Waals surface area contributed by atoms with Crippen LogP contribution in [0.5, 0.6) is 0 Å². The van der Waals surface area contributed by atoms with Crippen molar-refractivity contribution in [3.8, 4) is 0 Å². The van der Waals surface area contributed by atoms with Crippen LogP contribution in [0.3, 0.4) is 0 Å². The van der Waals surface area contributed by atoms with Gasteiger partial charge in [0.2, 0.25) is 0 Å². The fraction of sp³-hybridized carbons (Fsp3) is 0.909. The molecule has 0 saturated carbocycles. The Morgan fingerprint density at radius 2 is 0.963 bits per heavy atom. The summed E-state index contributed by atoms with van der Waals surface area (Å²) in [7, 11) is 0. The molecule has 0 aromatic heterocycles. The molecule has 0 aliphatic rings. The Labute approximate surface area is 166 Å². The van der Waals surface area contributed by atoms with Crippen LogP contribution in [-0.2, 0) is 23.8 Å². The van der Waals surface area contributed by atoms with Crippen molar-refractivity contribution in [3.05, 3.63) is 0 Å². The van der Waals surface area contributed by atoms with Gasteiger partial charge in [0.15, 0.2) is 0 Å². The Morgan fingerprint density at radius 1 is 0.630 bits per heavy atom. The van der Waals surface area contributed by atoms with Crippen LogP contribution in [0.1, 0.15) is 68.2 Å². The van der Waals surface area contributed by atoms with E-state index in [-0.39, 0.29) is 13.2 Å². The molecular weight excluding hydrogens is 344 g/mol. The lowest BCUT2D eigenvalue weighted by molar-refractivity contribution is -0.157. The minimum atomic E-state index is -0.433. The summed E-state index contributed by atoms with van der Waals surface area (Å²) in [5.74, 6) is 1.85. The van der Waals surface area contributed by atoms with Gasteiger partial charge in [-0.25, -0.2) is 9.59 Å². The average molecular weight is 387 g/mol. The maximum Gasteiger partial charge on any atom is 0.332 e. The van der Waals surface area contributed by atoms with Crippen molar-refractivity contribution in [2.45, 2.75) is 68.2 Å². The SMILES string of the molecule is CC(C)CC(COC(=O)COCC(=O)OCC(CC(C)C)C(C)C)C(C)C. The fourth-order valence-electron chi connectivity index (χ4n) is 2.98. The molecule has 0 saturated heterocycles. The monoisotopic (exact) mass is 386 g/mol. The van der Waals surface area contributed by atoms with E-state index in [1.165, 1.54) is 0 Å². The van der Waals surface area contributed by atoms with Gasteiger partial charge in [-0.05, 0) is 48.3 Å². The molecule has 0 aromatic carbocycles. The van der Waals surface area contributed by atoms with Crippen LogP contribution >= 0.6 is 0 Å². The molecule has 27 heavy (non-hydrogen) atoms. The highest BCUT2D eigenvalue weighted by atomic mass is 16.6. The van der Waals surface area contributed by atoms with Gasteiger partial charge in [0.1, 0.15) is 13.2 Å². The number of esters is 2. The van der Waals surface area contributed by atoms with Crippen molar-refractivity contribution in [2.75, 3.05) is 26.4 Å². The Kier molecular flexibility index (Phi) is 13.4. The zero-order chi connectivity index (χ0) is 21.0. The number of hydrogen-bond acceptors (Lipinski definition) is 5. The van der Waals surface area contributed by atoms with E-state index in [1.807, 2.05) is 0 Å². The molecule has 2 unspecified atom stereocenters. The highest BCUT2D eigenvalue weighted by Gasteiger charge is 2.19.